The maximum absolute atomic E-state index is 7.12. The summed E-state index contributed by atoms with van der Waals surface area (Å²) in [6, 6.07) is 18.4. The van der Waals surface area contributed by atoms with Crippen LogP contribution in [0.4, 0.5) is 0 Å². The van der Waals surface area contributed by atoms with Crippen LogP contribution in [0, 0.1) is 5.41 Å². The molecule has 0 aliphatic carbocycles. The minimum atomic E-state index is 0.933. The summed E-state index contributed by atoms with van der Waals surface area (Å²) >= 11 is 0. The van der Waals surface area contributed by atoms with Gasteiger partial charge in [0.05, 0.1) is 0 Å². The molecule has 0 aliphatic heterocycles. The molecule has 2 heteroatoms. The van der Waals surface area contributed by atoms with Crippen LogP contribution in [0.2, 0.25) is 0 Å². The number of benzene rings is 2. The number of rotatable bonds is 4. The first-order valence-electron chi connectivity index (χ1n) is 5.36. The van der Waals surface area contributed by atoms with E-state index < -0.39 is 0 Å². The monoisotopic (exact) mass is 206 g/mol. The summed E-state index contributed by atoms with van der Waals surface area (Å²) in [5, 5.41) is 7.12. The minimum Gasteiger partial charge on any atom is -0.308 e. The van der Waals surface area contributed by atoms with E-state index in [0.29, 0.717) is 0 Å². The molecule has 16 heavy (non-hydrogen) atoms. The standard InChI is InChI=1S/C14H13BN/c16-11-13-8-6-12(7-9-13)10-15-14-4-2-1-3-5-14/h1-9,11,16H,10H2. The Balaban J connectivity index is 1.97. The van der Waals surface area contributed by atoms with Crippen LogP contribution in [0.5, 0.6) is 0 Å². The van der Waals surface area contributed by atoms with Crippen molar-refractivity contribution >= 4 is 19.0 Å². The first-order chi connectivity index (χ1) is 7.88. The Labute approximate surface area is 96.9 Å². The van der Waals surface area contributed by atoms with E-state index in [4.69, 9.17) is 5.41 Å². The number of hydrogen-bond donors (Lipinski definition) is 1. The van der Waals surface area contributed by atoms with Crippen LogP contribution in [-0.2, 0) is 6.32 Å². The molecule has 0 atom stereocenters. The normalized spacial score (nSPS) is 9.75. The zero-order chi connectivity index (χ0) is 11.2. The van der Waals surface area contributed by atoms with E-state index in [9.17, 15) is 0 Å². The van der Waals surface area contributed by atoms with Crippen LogP contribution < -0.4 is 5.46 Å². The Bertz CT molecular complexity index is 448. The van der Waals surface area contributed by atoms with Crippen molar-refractivity contribution in [2.75, 3.05) is 0 Å². The quantitative estimate of drug-likeness (QED) is 0.585. The molecule has 0 spiro atoms. The largest absolute Gasteiger partial charge is 0.308 e. The van der Waals surface area contributed by atoms with Gasteiger partial charge in [0.2, 0.25) is 0 Å². The van der Waals surface area contributed by atoms with Crippen LogP contribution >= 0.6 is 0 Å². The second kappa shape index (κ2) is 5.31. The summed E-state index contributed by atoms with van der Waals surface area (Å²) < 4.78 is 0. The molecule has 0 saturated carbocycles. The third-order valence-electron chi connectivity index (χ3n) is 2.52. The molecule has 2 aromatic rings. The zero-order valence-electron chi connectivity index (χ0n) is 9.06. The van der Waals surface area contributed by atoms with Crippen molar-refractivity contribution in [3.8, 4) is 0 Å². The Morgan fingerprint density at radius 3 is 2.25 bits per heavy atom. The molecule has 0 aliphatic rings. The maximum Gasteiger partial charge on any atom is 0.156 e. The van der Waals surface area contributed by atoms with Gasteiger partial charge >= 0.3 is 0 Å². The molecule has 1 nitrogen and oxygen atoms in total. The summed E-state index contributed by atoms with van der Waals surface area (Å²) in [5.74, 6) is 0. The Hall–Kier alpha value is -1.83. The molecule has 1 N–H and O–H groups in total. The van der Waals surface area contributed by atoms with E-state index in [1.165, 1.54) is 17.2 Å². The van der Waals surface area contributed by atoms with Gasteiger partial charge in [0.25, 0.3) is 0 Å². The van der Waals surface area contributed by atoms with Crippen LogP contribution in [0.25, 0.3) is 0 Å². The van der Waals surface area contributed by atoms with E-state index in [-0.39, 0.29) is 0 Å². The van der Waals surface area contributed by atoms with Crippen LogP contribution in [-0.4, -0.2) is 13.5 Å². The van der Waals surface area contributed by atoms with E-state index in [0.717, 1.165) is 11.9 Å². The third kappa shape index (κ3) is 2.83. The molecule has 0 bridgehead atoms. The molecule has 0 unspecified atom stereocenters. The van der Waals surface area contributed by atoms with Crippen molar-refractivity contribution in [3.63, 3.8) is 0 Å². The van der Waals surface area contributed by atoms with Crippen molar-refractivity contribution in [2.45, 2.75) is 6.32 Å². The topological polar surface area (TPSA) is 23.9 Å². The van der Waals surface area contributed by atoms with E-state index in [1.54, 1.807) is 0 Å². The lowest BCUT2D eigenvalue weighted by Crippen LogP contribution is -2.15. The highest BCUT2D eigenvalue weighted by Gasteiger charge is 1.97. The fourth-order valence-electron chi connectivity index (χ4n) is 1.57. The summed E-state index contributed by atoms with van der Waals surface area (Å²) in [6.45, 7) is 0. The van der Waals surface area contributed by atoms with Gasteiger partial charge in [-0.1, -0.05) is 65.6 Å². The van der Waals surface area contributed by atoms with Gasteiger partial charge in [-0.15, -0.1) is 0 Å². The second-order valence-electron chi connectivity index (χ2n) is 3.70. The molecule has 0 saturated heterocycles. The third-order valence-corrected chi connectivity index (χ3v) is 2.52. The number of hydrogen-bond acceptors (Lipinski definition) is 1. The predicted molar refractivity (Wildman–Crippen MR) is 69.9 cm³/mol. The molecular weight excluding hydrogens is 193 g/mol. The van der Waals surface area contributed by atoms with Crippen molar-refractivity contribution in [1.29, 1.82) is 5.41 Å². The molecule has 0 amide bonds. The Kier molecular flexibility index (Phi) is 3.55. The van der Waals surface area contributed by atoms with E-state index in [1.807, 2.05) is 30.3 Å². The second-order valence-corrected chi connectivity index (χ2v) is 3.70. The highest BCUT2D eigenvalue weighted by Crippen LogP contribution is 2.02. The van der Waals surface area contributed by atoms with Crippen molar-refractivity contribution < 1.29 is 0 Å². The zero-order valence-corrected chi connectivity index (χ0v) is 9.06. The van der Waals surface area contributed by atoms with Crippen molar-refractivity contribution in [3.05, 3.63) is 65.7 Å². The fourth-order valence-corrected chi connectivity index (χ4v) is 1.57. The van der Waals surface area contributed by atoms with Gasteiger partial charge in [0.15, 0.2) is 7.28 Å². The average Bonchev–Trinajstić information content (AvgIpc) is 2.38. The van der Waals surface area contributed by atoms with Gasteiger partial charge < -0.3 is 5.41 Å². The SMILES string of the molecule is N=Cc1ccc(C[B]c2ccccc2)cc1. The van der Waals surface area contributed by atoms with Crippen molar-refractivity contribution in [1.82, 2.24) is 0 Å². The predicted octanol–water partition coefficient (Wildman–Crippen LogP) is 2.21. The smallest absolute Gasteiger partial charge is 0.156 e. The summed E-state index contributed by atoms with van der Waals surface area (Å²) in [6.07, 6.45) is 2.30. The minimum absolute atomic E-state index is 0.933. The van der Waals surface area contributed by atoms with Gasteiger partial charge in [-0.25, -0.2) is 0 Å². The molecule has 0 fully saturated rings. The molecule has 77 valence electrons. The molecule has 2 rings (SSSR count). The maximum atomic E-state index is 7.12. The molecule has 2 aromatic carbocycles. The first kappa shape index (κ1) is 10.7. The lowest BCUT2D eigenvalue weighted by molar-refractivity contribution is 1.38. The highest BCUT2D eigenvalue weighted by atomic mass is 14.3. The summed E-state index contributed by atoms with van der Waals surface area (Å²) in [7, 11) is 2.21. The summed E-state index contributed by atoms with van der Waals surface area (Å²) in [5.41, 5.74) is 3.47. The lowest BCUT2D eigenvalue weighted by atomic mass is 9.65. The first-order valence-corrected chi connectivity index (χ1v) is 5.36. The lowest BCUT2D eigenvalue weighted by Gasteiger charge is -2.01. The van der Waals surface area contributed by atoms with Crippen LogP contribution in [0.1, 0.15) is 11.1 Å². The van der Waals surface area contributed by atoms with Gasteiger partial charge in [0.1, 0.15) is 0 Å². The van der Waals surface area contributed by atoms with Crippen molar-refractivity contribution in [2.24, 2.45) is 0 Å². The van der Waals surface area contributed by atoms with Gasteiger partial charge in [0, 0.05) is 6.21 Å². The van der Waals surface area contributed by atoms with E-state index >= 15 is 0 Å². The van der Waals surface area contributed by atoms with Gasteiger partial charge in [-0.2, -0.15) is 0 Å². The number of nitrogens with one attached hydrogen (secondary N) is 1. The Morgan fingerprint density at radius 2 is 1.62 bits per heavy atom. The summed E-state index contributed by atoms with van der Waals surface area (Å²) in [4.78, 5) is 0. The van der Waals surface area contributed by atoms with Crippen LogP contribution in [0.15, 0.2) is 54.6 Å². The molecular formula is C14H13BN. The molecule has 0 heterocycles. The van der Waals surface area contributed by atoms with E-state index in [2.05, 4.69) is 31.5 Å². The molecule has 1 radical (unpaired) electrons. The van der Waals surface area contributed by atoms with Gasteiger partial charge in [-0.3, -0.25) is 0 Å². The molecule has 0 aromatic heterocycles. The average molecular weight is 206 g/mol. The fraction of sp³-hybridized carbons (Fsp3) is 0.0714. The van der Waals surface area contributed by atoms with Gasteiger partial charge in [-0.05, 0) is 11.9 Å². The highest BCUT2D eigenvalue weighted by molar-refractivity contribution is 6.52. The Morgan fingerprint density at radius 1 is 0.938 bits per heavy atom. The van der Waals surface area contributed by atoms with Crippen LogP contribution in [0.3, 0.4) is 0 Å².